The molecule has 0 aliphatic heterocycles. The van der Waals surface area contributed by atoms with Crippen molar-refractivity contribution in [1.29, 1.82) is 0 Å². The molecule has 0 radical (unpaired) electrons. The van der Waals surface area contributed by atoms with E-state index in [2.05, 4.69) is 21.3 Å². The van der Waals surface area contributed by atoms with Crippen LogP contribution in [0.2, 0.25) is 0 Å². The van der Waals surface area contributed by atoms with Crippen LogP contribution in [0.25, 0.3) is 0 Å². The summed E-state index contributed by atoms with van der Waals surface area (Å²) in [6, 6.07) is 7.10. The van der Waals surface area contributed by atoms with Gasteiger partial charge in [0.1, 0.15) is 25.5 Å². The second-order valence-corrected chi connectivity index (χ2v) is 12.7. The Morgan fingerprint density at radius 2 is 1.23 bits per heavy atom. The molecule has 20 heteroatoms. The Labute approximate surface area is 363 Å². The molecule has 11 N–H and O–H groups in total. The van der Waals surface area contributed by atoms with Gasteiger partial charge in [0.25, 0.3) is 0 Å². The molecule has 20 nitrogen and oxygen atoms in total. The first-order valence-corrected chi connectivity index (χ1v) is 20.2. The molecule has 1 rings (SSSR count). The maximum atomic E-state index is 11.2. The lowest BCUT2D eigenvalue weighted by molar-refractivity contribution is -0.148. The second kappa shape index (κ2) is 53.4. The number of anilines is 1. The lowest BCUT2D eigenvalue weighted by Crippen LogP contribution is -2.42. The van der Waals surface area contributed by atoms with Gasteiger partial charge in [-0.2, -0.15) is 0 Å². The number of carbonyl (C=O) groups is 7. The van der Waals surface area contributed by atoms with Crippen molar-refractivity contribution in [2.75, 3.05) is 98.9 Å². The fraction of sp³-hybridized carbons (Fsp3) is 0.683. The minimum Gasteiger partial charge on any atom is -0.481 e. The molecule has 3 amide bonds. The number of likely N-dealkylation sites (N-methyl/N-ethyl adjacent to an activating group) is 2. The third-order valence-electron chi connectivity index (χ3n) is 6.78. The summed E-state index contributed by atoms with van der Waals surface area (Å²) < 4.78 is 25.8. The molecular weight excluding hydrogens is 798 g/mol. The summed E-state index contributed by atoms with van der Waals surface area (Å²) in [7, 11) is 5.33. The summed E-state index contributed by atoms with van der Waals surface area (Å²) in [6.45, 7) is 15.3. The number of urea groups is 1. The van der Waals surface area contributed by atoms with Gasteiger partial charge >= 0.3 is 18.0 Å². The first-order chi connectivity index (χ1) is 29.1. The number of ether oxygens (including phenoxy) is 5. The van der Waals surface area contributed by atoms with Crippen molar-refractivity contribution in [2.45, 2.75) is 79.4 Å². The highest BCUT2D eigenvalue weighted by Gasteiger charge is 2.15. The smallest absolute Gasteiger partial charge is 0.312 e. The number of hydrogen-bond donors (Lipinski definition) is 8. The standard InChI is InChI=1S/C12H17NO2.C11H23NO5.C6H12N2O2.C6H14N2O.C3H7NO.C3H6O2/c1-9(2)12(14)15-8-10-4-6-11(13-3)7-5-10;12-2-5-15-7-9-17-11-10-16-8-6-14-4-1-3-13;7-6(10)8-4-2-1-3-5-9;1-4(2)5(8-3)6(7)9;1-4-2-3-5;1-2-3(4)5/h4-7,9,13H,8H2,1-3H3;3H,1-2,4-12H2;5H,1-4H2,(H3,7,8,10);4-5,8H,1-3H3,(H2,7,9);3-4H,2H2,1H3;2H2,1H3,(H,4,5). The highest BCUT2D eigenvalue weighted by molar-refractivity contribution is 5.80. The summed E-state index contributed by atoms with van der Waals surface area (Å²) in [5, 5.41) is 18.7. The largest absolute Gasteiger partial charge is 0.481 e. The van der Waals surface area contributed by atoms with Crippen LogP contribution in [-0.4, -0.2) is 148 Å². The van der Waals surface area contributed by atoms with Crippen molar-refractivity contribution in [2.24, 2.45) is 29.0 Å². The number of nitrogens with two attached hydrogens (primary N) is 3. The molecule has 61 heavy (non-hydrogen) atoms. The van der Waals surface area contributed by atoms with Gasteiger partial charge in [0.05, 0.1) is 71.4 Å². The highest BCUT2D eigenvalue weighted by atomic mass is 16.6. The van der Waals surface area contributed by atoms with Crippen molar-refractivity contribution >= 4 is 48.4 Å². The third-order valence-corrected chi connectivity index (χ3v) is 6.78. The quantitative estimate of drug-likeness (QED) is 0.0322. The van der Waals surface area contributed by atoms with Crippen LogP contribution in [-0.2, 0) is 59.1 Å². The van der Waals surface area contributed by atoms with Gasteiger partial charge in [-0.05, 0) is 50.6 Å². The first kappa shape index (κ1) is 65.5. The Morgan fingerprint density at radius 3 is 1.54 bits per heavy atom. The van der Waals surface area contributed by atoms with E-state index in [1.54, 1.807) is 21.0 Å². The number of nitrogens with one attached hydrogen (secondary N) is 4. The molecule has 0 saturated carbocycles. The topological polar surface area (TPSA) is 312 Å². The van der Waals surface area contributed by atoms with E-state index < -0.39 is 12.0 Å². The van der Waals surface area contributed by atoms with Gasteiger partial charge in [0.2, 0.25) is 5.91 Å². The monoisotopic (exact) mass is 878 g/mol. The van der Waals surface area contributed by atoms with Gasteiger partial charge < -0.3 is 81.6 Å². The fourth-order valence-corrected chi connectivity index (χ4v) is 3.52. The number of primary amides is 2. The summed E-state index contributed by atoms with van der Waals surface area (Å²) in [5.74, 6) is -0.987. The Hall–Kier alpha value is -4.57. The predicted molar refractivity (Wildman–Crippen MR) is 236 cm³/mol. The van der Waals surface area contributed by atoms with E-state index in [1.807, 2.05) is 59.0 Å². The molecule has 0 saturated heterocycles. The summed E-state index contributed by atoms with van der Waals surface area (Å²) in [6.07, 6.45) is 5.35. The van der Waals surface area contributed by atoms with E-state index in [9.17, 15) is 33.6 Å². The predicted octanol–water partition coefficient (Wildman–Crippen LogP) is 1.65. The van der Waals surface area contributed by atoms with Crippen molar-refractivity contribution in [3.63, 3.8) is 0 Å². The molecule has 0 bridgehead atoms. The first-order valence-electron chi connectivity index (χ1n) is 20.2. The number of unbranched alkanes of at least 4 members (excludes halogenated alkanes) is 2. The maximum absolute atomic E-state index is 11.2. The van der Waals surface area contributed by atoms with Gasteiger partial charge in [-0.1, -0.05) is 46.8 Å². The molecule has 1 atom stereocenters. The number of carboxylic acids is 1. The number of carbonyl (C=O) groups excluding carboxylic acids is 6. The molecule has 1 aromatic rings. The van der Waals surface area contributed by atoms with Crippen LogP contribution < -0.4 is 38.5 Å². The van der Waals surface area contributed by atoms with Crippen molar-refractivity contribution < 1.29 is 62.4 Å². The average Bonchev–Trinajstić information content (AvgIpc) is 3.23. The van der Waals surface area contributed by atoms with Gasteiger partial charge in [-0.3, -0.25) is 14.4 Å². The number of aldehydes is 3. The van der Waals surface area contributed by atoms with Gasteiger partial charge in [-0.25, -0.2) is 4.79 Å². The van der Waals surface area contributed by atoms with Crippen LogP contribution in [0.4, 0.5) is 10.5 Å². The van der Waals surface area contributed by atoms with E-state index in [0.717, 1.165) is 43.0 Å². The Kier molecular flexibility index (Phi) is 57.4. The highest BCUT2D eigenvalue weighted by Crippen LogP contribution is 2.10. The van der Waals surface area contributed by atoms with Crippen molar-refractivity contribution in [3.8, 4) is 0 Å². The second-order valence-electron chi connectivity index (χ2n) is 12.7. The molecule has 0 spiro atoms. The number of aliphatic carboxylic acids is 1. The molecule has 0 aliphatic carbocycles. The zero-order valence-electron chi connectivity index (χ0n) is 37.9. The Morgan fingerprint density at radius 1 is 0.738 bits per heavy atom. The summed E-state index contributed by atoms with van der Waals surface area (Å²) in [5.41, 5.74) is 17.1. The van der Waals surface area contributed by atoms with E-state index in [-0.39, 0.29) is 36.2 Å². The number of amides is 3. The number of hydrogen-bond acceptors (Lipinski definition) is 16. The summed E-state index contributed by atoms with van der Waals surface area (Å²) in [4.78, 5) is 70.3. The van der Waals surface area contributed by atoms with Gasteiger partial charge in [0.15, 0.2) is 0 Å². The van der Waals surface area contributed by atoms with Crippen LogP contribution in [0.15, 0.2) is 24.3 Å². The zero-order chi connectivity index (χ0) is 47.5. The maximum Gasteiger partial charge on any atom is 0.312 e. The minimum absolute atomic E-state index is 0.0680. The van der Waals surface area contributed by atoms with E-state index in [0.29, 0.717) is 91.9 Å². The normalized spacial score (nSPS) is 10.1. The third kappa shape index (κ3) is 59.8. The summed E-state index contributed by atoms with van der Waals surface area (Å²) >= 11 is 0. The van der Waals surface area contributed by atoms with Crippen LogP contribution in [0.3, 0.4) is 0 Å². The SMILES string of the molecule is CCC(=O)O.CNC(C(N)=O)C(C)C.CNCC=O.CNc1ccc(COC(=O)C(C)C)cc1.NC(=O)NCCCCC=O.NCCOCCOCCOCCOCCC=O. The van der Waals surface area contributed by atoms with Crippen LogP contribution in [0.1, 0.15) is 72.3 Å². The average molecular weight is 878 g/mol. The molecule has 0 aromatic heterocycles. The molecule has 0 fully saturated rings. The fourth-order valence-electron chi connectivity index (χ4n) is 3.52. The van der Waals surface area contributed by atoms with E-state index in [4.69, 9.17) is 46.0 Å². The molecule has 1 unspecified atom stereocenters. The van der Waals surface area contributed by atoms with Crippen molar-refractivity contribution in [3.05, 3.63) is 29.8 Å². The molecule has 356 valence electrons. The number of benzene rings is 1. The zero-order valence-corrected chi connectivity index (χ0v) is 37.9. The molecule has 1 aromatic carbocycles. The van der Waals surface area contributed by atoms with Gasteiger partial charge in [-0.15, -0.1) is 0 Å². The number of carboxylic acid groups (broad SMARTS) is 1. The minimum atomic E-state index is -0.745. The van der Waals surface area contributed by atoms with Crippen LogP contribution >= 0.6 is 0 Å². The van der Waals surface area contributed by atoms with Crippen LogP contribution in [0, 0.1) is 11.8 Å². The number of esters is 1. The van der Waals surface area contributed by atoms with Gasteiger partial charge in [0, 0.05) is 45.1 Å². The lowest BCUT2D eigenvalue weighted by Gasteiger charge is -2.14. The molecule has 0 aliphatic rings. The van der Waals surface area contributed by atoms with Crippen LogP contribution in [0.5, 0.6) is 0 Å². The lowest BCUT2D eigenvalue weighted by atomic mass is 10.0. The number of rotatable bonds is 29. The van der Waals surface area contributed by atoms with E-state index >= 15 is 0 Å². The van der Waals surface area contributed by atoms with Crippen molar-refractivity contribution in [1.82, 2.24) is 16.0 Å². The Balaban J connectivity index is -0.000000217. The molecular formula is C41H79N7O13. The van der Waals surface area contributed by atoms with E-state index in [1.165, 1.54) is 0 Å². The molecule has 0 heterocycles. The Bertz CT molecular complexity index is 1180.